The molecule has 1 fully saturated rings. The number of hydrogen-bond donors (Lipinski definition) is 1. The van der Waals surface area contributed by atoms with Gasteiger partial charge in [0.15, 0.2) is 5.75 Å². The van der Waals surface area contributed by atoms with Crippen LogP contribution in [-0.4, -0.2) is 42.0 Å². The molecule has 0 saturated carbocycles. The molecular formula is C30H29F2NO4S. The van der Waals surface area contributed by atoms with Crippen LogP contribution in [0.15, 0.2) is 54.6 Å². The van der Waals surface area contributed by atoms with Crippen molar-refractivity contribution in [3.05, 3.63) is 82.2 Å². The largest absolute Gasteiger partial charge is 0.508 e. The number of rotatable bonds is 9. The van der Waals surface area contributed by atoms with Gasteiger partial charge in [-0.15, -0.1) is 11.3 Å². The zero-order valence-corrected chi connectivity index (χ0v) is 22.1. The molecular weight excluding hydrogens is 508 g/mol. The van der Waals surface area contributed by atoms with Gasteiger partial charge in [-0.1, -0.05) is 13.3 Å². The number of halogens is 2. The van der Waals surface area contributed by atoms with E-state index in [2.05, 4.69) is 11.8 Å². The lowest BCUT2D eigenvalue weighted by Gasteiger charge is -2.16. The van der Waals surface area contributed by atoms with E-state index in [0.29, 0.717) is 34.3 Å². The van der Waals surface area contributed by atoms with Crippen LogP contribution >= 0.6 is 11.3 Å². The van der Waals surface area contributed by atoms with Crippen molar-refractivity contribution in [3.8, 4) is 23.0 Å². The molecule has 0 unspecified atom stereocenters. The number of aromatic hydroxyl groups is 1. The van der Waals surface area contributed by atoms with Gasteiger partial charge in [0.1, 0.15) is 40.4 Å². The fourth-order valence-corrected chi connectivity index (χ4v) is 5.99. The zero-order chi connectivity index (χ0) is 26.8. The molecule has 1 atom stereocenters. The fourth-order valence-electron chi connectivity index (χ4n) is 4.88. The topological polar surface area (TPSA) is 59.0 Å². The Labute approximate surface area is 224 Å². The van der Waals surface area contributed by atoms with Gasteiger partial charge >= 0.3 is 0 Å². The highest BCUT2D eigenvalue weighted by molar-refractivity contribution is 7.21. The molecule has 5 nitrogen and oxygen atoms in total. The summed E-state index contributed by atoms with van der Waals surface area (Å²) < 4.78 is 41.0. The monoisotopic (exact) mass is 537 g/mol. The Bertz CT molecular complexity index is 1440. The second-order valence-electron chi connectivity index (χ2n) is 9.63. The normalized spacial score (nSPS) is 15.7. The van der Waals surface area contributed by atoms with E-state index in [-0.39, 0.29) is 27.5 Å². The van der Waals surface area contributed by atoms with E-state index in [4.69, 9.17) is 9.47 Å². The Morgan fingerprint density at radius 1 is 1.11 bits per heavy atom. The summed E-state index contributed by atoms with van der Waals surface area (Å²) in [5.41, 5.74) is -0.0153. The Kier molecular flexibility index (Phi) is 7.63. The summed E-state index contributed by atoms with van der Waals surface area (Å²) in [4.78, 5) is 16.1. The number of benzene rings is 3. The number of phenolic OH excluding ortho intramolecular Hbond substituents is 1. The number of carbonyl (C=O) groups excluding carboxylic acids is 1. The van der Waals surface area contributed by atoms with Crippen molar-refractivity contribution in [2.75, 3.05) is 26.2 Å². The summed E-state index contributed by atoms with van der Waals surface area (Å²) in [7, 11) is 0. The molecule has 1 aromatic heterocycles. The summed E-state index contributed by atoms with van der Waals surface area (Å²) in [6, 6.07) is 13.6. The van der Waals surface area contributed by atoms with E-state index in [9.17, 15) is 18.7 Å². The number of fused-ring (bicyclic) bond motifs is 1. The first kappa shape index (κ1) is 26.1. The number of hydrogen-bond acceptors (Lipinski definition) is 6. The van der Waals surface area contributed by atoms with Crippen LogP contribution in [0.5, 0.6) is 23.0 Å². The molecule has 38 heavy (non-hydrogen) atoms. The van der Waals surface area contributed by atoms with Crippen molar-refractivity contribution < 1.29 is 28.2 Å². The molecule has 1 aliphatic rings. The lowest BCUT2D eigenvalue weighted by Crippen LogP contribution is -2.26. The maximum absolute atomic E-state index is 14.7. The summed E-state index contributed by atoms with van der Waals surface area (Å²) in [6.07, 6.45) is 2.46. The molecule has 5 rings (SSSR count). The van der Waals surface area contributed by atoms with Crippen LogP contribution in [0.2, 0.25) is 0 Å². The smallest absolute Gasteiger partial charge is 0.210 e. The molecule has 8 heteroatoms. The van der Waals surface area contributed by atoms with Gasteiger partial charge in [-0.3, -0.25) is 9.69 Å². The molecule has 0 radical (unpaired) electrons. The van der Waals surface area contributed by atoms with Gasteiger partial charge < -0.3 is 14.6 Å². The molecule has 198 valence electrons. The molecule has 1 N–H and O–H groups in total. The van der Waals surface area contributed by atoms with E-state index in [1.807, 2.05) is 0 Å². The van der Waals surface area contributed by atoms with E-state index in [1.54, 1.807) is 30.3 Å². The quantitative estimate of drug-likeness (QED) is 0.227. The standard InChI is InChI=1S/C30H29F2NO4S/c1-3-19-10-11-33(17-19)12-13-36-22-5-7-23(8-6-22)37-29-24-9-4-21(34)16-26(24)38-30(29)28(35)27-18(2)14-20(31)15-25(27)32/h4-9,14-16,19,34H,3,10-13,17H2,1-2H3/t19-/m0/s1. The molecule has 2 heterocycles. The molecule has 4 aromatic rings. The summed E-state index contributed by atoms with van der Waals surface area (Å²) in [6.45, 7) is 7.44. The van der Waals surface area contributed by atoms with E-state index in [1.165, 1.54) is 31.9 Å². The third kappa shape index (κ3) is 5.51. The predicted molar refractivity (Wildman–Crippen MR) is 145 cm³/mol. The number of phenols is 1. The third-order valence-corrected chi connectivity index (χ3v) is 8.11. The average molecular weight is 538 g/mol. The Hall–Kier alpha value is -3.49. The first-order valence-corrected chi connectivity index (χ1v) is 13.5. The van der Waals surface area contributed by atoms with Gasteiger partial charge in [-0.25, -0.2) is 8.78 Å². The van der Waals surface area contributed by atoms with Crippen molar-refractivity contribution in [2.45, 2.75) is 26.7 Å². The SMILES string of the molecule is CC[C@H]1CCN(CCOc2ccc(Oc3c(C(=O)c4c(C)cc(F)cc4F)sc4cc(O)ccc34)cc2)C1. The first-order chi connectivity index (χ1) is 18.3. The second kappa shape index (κ2) is 11.1. The van der Waals surface area contributed by atoms with Crippen molar-refractivity contribution in [2.24, 2.45) is 5.92 Å². The first-order valence-electron chi connectivity index (χ1n) is 12.7. The number of ketones is 1. The van der Waals surface area contributed by atoms with Crippen LogP contribution in [0.1, 0.15) is 40.6 Å². The van der Waals surface area contributed by atoms with Crippen molar-refractivity contribution in [3.63, 3.8) is 0 Å². The lowest BCUT2D eigenvalue weighted by molar-refractivity contribution is 0.103. The van der Waals surface area contributed by atoms with Crippen LogP contribution in [0.25, 0.3) is 10.1 Å². The summed E-state index contributed by atoms with van der Waals surface area (Å²) in [5.74, 6) is -0.0292. The van der Waals surface area contributed by atoms with Crippen LogP contribution in [0.3, 0.4) is 0 Å². The summed E-state index contributed by atoms with van der Waals surface area (Å²) in [5, 5.41) is 10.6. The van der Waals surface area contributed by atoms with Gasteiger partial charge in [-0.2, -0.15) is 0 Å². The number of nitrogens with zero attached hydrogens (tertiary/aromatic N) is 1. The maximum atomic E-state index is 14.7. The van der Waals surface area contributed by atoms with E-state index >= 15 is 0 Å². The molecule has 0 aliphatic carbocycles. The lowest BCUT2D eigenvalue weighted by atomic mass is 10.0. The van der Waals surface area contributed by atoms with Crippen LogP contribution in [0, 0.1) is 24.5 Å². The molecule has 1 aliphatic heterocycles. The van der Waals surface area contributed by atoms with Gasteiger partial charge in [0.25, 0.3) is 0 Å². The average Bonchev–Trinajstić information content (AvgIpc) is 3.48. The highest BCUT2D eigenvalue weighted by Crippen LogP contribution is 2.43. The van der Waals surface area contributed by atoms with Crippen molar-refractivity contribution in [1.82, 2.24) is 4.90 Å². The fraction of sp³-hybridized carbons (Fsp3) is 0.300. The van der Waals surface area contributed by atoms with E-state index in [0.717, 1.165) is 43.0 Å². The molecule has 0 spiro atoms. The van der Waals surface area contributed by atoms with Gasteiger partial charge in [0, 0.05) is 29.2 Å². The molecule has 0 bridgehead atoms. The highest BCUT2D eigenvalue weighted by atomic mass is 32.1. The van der Waals surface area contributed by atoms with Gasteiger partial charge in [0.2, 0.25) is 5.78 Å². The molecule has 1 saturated heterocycles. The minimum Gasteiger partial charge on any atom is -0.508 e. The number of carbonyl (C=O) groups is 1. The molecule has 3 aromatic carbocycles. The van der Waals surface area contributed by atoms with Gasteiger partial charge in [-0.05, 0) is 79.9 Å². The number of ether oxygens (including phenoxy) is 2. The summed E-state index contributed by atoms with van der Waals surface area (Å²) >= 11 is 1.09. The Balaban J connectivity index is 1.36. The Morgan fingerprint density at radius 2 is 1.87 bits per heavy atom. The minimum atomic E-state index is -0.931. The predicted octanol–water partition coefficient (Wildman–Crippen LogP) is 7.33. The van der Waals surface area contributed by atoms with Crippen molar-refractivity contribution in [1.29, 1.82) is 0 Å². The second-order valence-corrected chi connectivity index (χ2v) is 10.7. The number of thiophene rings is 1. The number of aryl methyl sites for hydroxylation is 1. The van der Waals surface area contributed by atoms with Crippen molar-refractivity contribution >= 4 is 27.2 Å². The minimum absolute atomic E-state index is 0.0362. The maximum Gasteiger partial charge on any atom is 0.210 e. The van der Waals surface area contributed by atoms with E-state index < -0.39 is 17.4 Å². The van der Waals surface area contributed by atoms with Crippen LogP contribution in [-0.2, 0) is 0 Å². The number of likely N-dealkylation sites (tertiary alicyclic amines) is 1. The zero-order valence-electron chi connectivity index (χ0n) is 21.3. The highest BCUT2D eigenvalue weighted by Gasteiger charge is 2.26. The Morgan fingerprint density at radius 3 is 2.58 bits per heavy atom. The molecule has 0 amide bonds. The third-order valence-electron chi connectivity index (χ3n) is 6.98. The van der Waals surface area contributed by atoms with Crippen LogP contribution < -0.4 is 9.47 Å². The van der Waals surface area contributed by atoms with Crippen LogP contribution in [0.4, 0.5) is 8.78 Å². The van der Waals surface area contributed by atoms with Gasteiger partial charge in [0.05, 0.1) is 5.56 Å².